The van der Waals surface area contributed by atoms with Crippen LogP contribution in [0.1, 0.15) is 35.8 Å². The quantitative estimate of drug-likeness (QED) is 0.925. The smallest absolute Gasteiger partial charge is 0.358 e. The lowest BCUT2D eigenvalue weighted by atomic mass is 9.98. The van der Waals surface area contributed by atoms with Crippen LogP contribution in [0.2, 0.25) is 0 Å². The lowest BCUT2D eigenvalue weighted by Gasteiger charge is -2.10. The van der Waals surface area contributed by atoms with Crippen LogP contribution in [0.3, 0.4) is 0 Å². The molecule has 0 saturated heterocycles. The predicted molar refractivity (Wildman–Crippen MR) is 62.9 cm³/mol. The molecule has 0 atom stereocenters. The molecule has 0 saturated carbocycles. The van der Waals surface area contributed by atoms with Crippen LogP contribution in [0.15, 0.2) is 22.7 Å². The zero-order valence-electron chi connectivity index (χ0n) is 10.3. The summed E-state index contributed by atoms with van der Waals surface area (Å²) in [5, 5.41) is 12.0. The minimum Gasteiger partial charge on any atom is -0.476 e. The number of aromatic carboxylic acids is 1. The SMILES string of the molecule is CC(C)c1ccc(F)c(-c2cc(C(=O)O)no2)c1F. The highest BCUT2D eigenvalue weighted by Gasteiger charge is 2.22. The fourth-order valence-corrected chi connectivity index (χ4v) is 1.73. The monoisotopic (exact) mass is 267 g/mol. The summed E-state index contributed by atoms with van der Waals surface area (Å²) < 4.78 is 32.6. The molecule has 0 spiro atoms. The van der Waals surface area contributed by atoms with Crippen molar-refractivity contribution in [3.63, 3.8) is 0 Å². The van der Waals surface area contributed by atoms with Crippen molar-refractivity contribution in [3.8, 4) is 11.3 Å². The van der Waals surface area contributed by atoms with Crippen LogP contribution < -0.4 is 0 Å². The minimum absolute atomic E-state index is 0.138. The van der Waals surface area contributed by atoms with Crippen molar-refractivity contribution in [1.29, 1.82) is 0 Å². The molecule has 1 heterocycles. The van der Waals surface area contributed by atoms with Gasteiger partial charge in [0, 0.05) is 6.07 Å². The molecule has 0 amide bonds. The number of carboxylic acid groups (broad SMARTS) is 1. The Bertz CT molecular complexity index is 635. The number of carboxylic acids is 1. The van der Waals surface area contributed by atoms with Crippen LogP contribution in [-0.2, 0) is 0 Å². The van der Waals surface area contributed by atoms with Crippen molar-refractivity contribution in [1.82, 2.24) is 5.16 Å². The third-order valence-corrected chi connectivity index (χ3v) is 2.72. The standard InChI is InChI=1S/C13H11F2NO3/c1-6(2)7-3-4-8(14)11(12(7)15)10-5-9(13(17)18)16-19-10/h3-6H,1-2H3,(H,17,18). The number of aromatic nitrogens is 1. The van der Waals surface area contributed by atoms with Crippen LogP contribution in [0.5, 0.6) is 0 Å². The highest BCUT2D eigenvalue weighted by molar-refractivity contribution is 5.86. The lowest BCUT2D eigenvalue weighted by Crippen LogP contribution is -1.98. The van der Waals surface area contributed by atoms with E-state index >= 15 is 0 Å². The van der Waals surface area contributed by atoms with Gasteiger partial charge in [-0.05, 0) is 17.5 Å². The van der Waals surface area contributed by atoms with Gasteiger partial charge < -0.3 is 9.63 Å². The Morgan fingerprint density at radius 1 is 1.37 bits per heavy atom. The van der Waals surface area contributed by atoms with E-state index in [1.54, 1.807) is 13.8 Å². The topological polar surface area (TPSA) is 63.3 Å². The van der Waals surface area contributed by atoms with Gasteiger partial charge >= 0.3 is 5.97 Å². The molecule has 19 heavy (non-hydrogen) atoms. The van der Waals surface area contributed by atoms with E-state index in [9.17, 15) is 13.6 Å². The molecule has 0 bridgehead atoms. The number of rotatable bonds is 3. The number of carbonyl (C=O) groups is 1. The summed E-state index contributed by atoms with van der Waals surface area (Å²) >= 11 is 0. The van der Waals surface area contributed by atoms with Gasteiger partial charge in [0.05, 0.1) is 5.56 Å². The Balaban J connectivity index is 2.60. The van der Waals surface area contributed by atoms with E-state index in [0.29, 0.717) is 5.56 Å². The van der Waals surface area contributed by atoms with Gasteiger partial charge in [0.2, 0.25) is 0 Å². The van der Waals surface area contributed by atoms with Crippen molar-refractivity contribution >= 4 is 5.97 Å². The molecule has 0 fully saturated rings. The second-order valence-electron chi connectivity index (χ2n) is 4.36. The first-order valence-corrected chi connectivity index (χ1v) is 5.60. The number of benzene rings is 1. The summed E-state index contributed by atoms with van der Waals surface area (Å²) in [4.78, 5) is 10.7. The van der Waals surface area contributed by atoms with Crippen molar-refractivity contribution in [2.24, 2.45) is 0 Å². The molecule has 1 N–H and O–H groups in total. The molecule has 0 aliphatic carbocycles. The largest absolute Gasteiger partial charge is 0.476 e. The van der Waals surface area contributed by atoms with E-state index in [0.717, 1.165) is 12.1 Å². The number of hydrogen-bond acceptors (Lipinski definition) is 3. The zero-order chi connectivity index (χ0) is 14.2. The van der Waals surface area contributed by atoms with E-state index in [2.05, 4.69) is 5.16 Å². The highest BCUT2D eigenvalue weighted by atomic mass is 19.1. The Morgan fingerprint density at radius 2 is 2.05 bits per heavy atom. The third kappa shape index (κ3) is 2.33. The Labute approximate surface area is 107 Å². The van der Waals surface area contributed by atoms with E-state index < -0.39 is 28.9 Å². The van der Waals surface area contributed by atoms with Crippen LogP contribution >= 0.6 is 0 Å². The number of hydrogen-bond donors (Lipinski definition) is 1. The van der Waals surface area contributed by atoms with Gasteiger partial charge in [-0.2, -0.15) is 0 Å². The molecule has 4 nitrogen and oxygen atoms in total. The average molecular weight is 267 g/mol. The third-order valence-electron chi connectivity index (χ3n) is 2.72. The van der Waals surface area contributed by atoms with Crippen LogP contribution in [-0.4, -0.2) is 16.2 Å². The lowest BCUT2D eigenvalue weighted by molar-refractivity contribution is 0.0686. The van der Waals surface area contributed by atoms with Crippen molar-refractivity contribution < 1.29 is 23.2 Å². The van der Waals surface area contributed by atoms with E-state index in [-0.39, 0.29) is 11.7 Å². The van der Waals surface area contributed by atoms with Crippen LogP contribution in [0.4, 0.5) is 8.78 Å². The molecule has 0 aliphatic heterocycles. The summed E-state index contributed by atoms with van der Waals surface area (Å²) in [7, 11) is 0. The van der Waals surface area contributed by atoms with Gasteiger partial charge in [-0.1, -0.05) is 25.1 Å². The molecule has 2 rings (SSSR count). The minimum atomic E-state index is -1.32. The van der Waals surface area contributed by atoms with Crippen LogP contribution in [0.25, 0.3) is 11.3 Å². The van der Waals surface area contributed by atoms with Crippen molar-refractivity contribution in [2.45, 2.75) is 19.8 Å². The number of nitrogens with zero attached hydrogens (tertiary/aromatic N) is 1. The van der Waals surface area contributed by atoms with E-state index in [1.165, 1.54) is 6.07 Å². The predicted octanol–water partition coefficient (Wildman–Crippen LogP) is 3.44. The van der Waals surface area contributed by atoms with Crippen molar-refractivity contribution in [3.05, 3.63) is 41.1 Å². The summed E-state index contributed by atoms with van der Waals surface area (Å²) in [5.74, 6) is -3.29. The van der Waals surface area contributed by atoms with E-state index in [1.807, 2.05) is 0 Å². The van der Waals surface area contributed by atoms with Gasteiger partial charge in [0.25, 0.3) is 0 Å². The van der Waals surface area contributed by atoms with Gasteiger partial charge in [-0.3, -0.25) is 0 Å². The summed E-state index contributed by atoms with van der Waals surface area (Å²) in [6, 6.07) is 3.47. The fraction of sp³-hybridized carbons (Fsp3) is 0.231. The zero-order valence-corrected chi connectivity index (χ0v) is 10.3. The normalized spacial score (nSPS) is 11.0. The second kappa shape index (κ2) is 4.79. The van der Waals surface area contributed by atoms with Gasteiger partial charge in [-0.15, -0.1) is 0 Å². The Kier molecular flexibility index (Phi) is 3.33. The molecule has 0 unspecified atom stereocenters. The molecular formula is C13H11F2NO3. The molecule has 1 aromatic heterocycles. The maximum Gasteiger partial charge on any atom is 0.358 e. The average Bonchev–Trinajstić information content (AvgIpc) is 2.78. The fourth-order valence-electron chi connectivity index (χ4n) is 1.73. The first-order chi connectivity index (χ1) is 8.91. The Morgan fingerprint density at radius 3 is 2.58 bits per heavy atom. The maximum atomic E-state index is 14.2. The Hall–Kier alpha value is -2.24. The molecule has 100 valence electrons. The summed E-state index contributed by atoms with van der Waals surface area (Å²) in [6.07, 6.45) is 0. The molecule has 0 radical (unpaired) electrons. The summed E-state index contributed by atoms with van der Waals surface area (Å²) in [6.45, 7) is 3.53. The second-order valence-corrected chi connectivity index (χ2v) is 4.36. The molecule has 2 aromatic rings. The first kappa shape index (κ1) is 13.2. The first-order valence-electron chi connectivity index (χ1n) is 5.60. The summed E-state index contributed by atoms with van der Waals surface area (Å²) in [5.41, 5.74) is -0.473. The molecular weight excluding hydrogens is 256 g/mol. The molecule has 1 aromatic carbocycles. The van der Waals surface area contributed by atoms with E-state index in [4.69, 9.17) is 9.63 Å². The van der Waals surface area contributed by atoms with Crippen LogP contribution in [0, 0.1) is 11.6 Å². The number of halogens is 2. The molecule has 0 aliphatic rings. The van der Waals surface area contributed by atoms with Gasteiger partial charge in [0.1, 0.15) is 11.6 Å². The van der Waals surface area contributed by atoms with Crippen molar-refractivity contribution in [2.75, 3.05) is 0 Å². The maximum absolute atomic E-state index is 14.2. The highest BCUT2D eigenvalue weighted by Crippen LogP contribution is 2.31. The van der Waals surface area contributed by atoms with Gasteiger partial charge in [0.15, 0.2) is 11.5 Å². The van der Waals surface area contributed by atoms with Gasteiger partial charge in [-0.25, -0.2) is 13.6 Å². The molecule has 6 heteroatoms.